The highest BCUT2D eigenvalue weighted by molar-refractivity contribution is 7.16. The summed E-state index contributed by atoms with van der Waals surface area (Å²) in [6.07, 6.45) is 1.60. The summed E-state index contributed by atoms with van der Waals surface area (Å²) in [7, 11) is 1.86. The first-order valence-corrected chi connectivity index (χ1v) is 6.80. The summed E-state index contributed by atoms with van der Waals surface area (Å²) in [4.78, 5) is 13.0. The smallest absolute Gasteiger partial charge is 0.226 e. The van der Waals surface area contributed by atoms with Gasteiger partial charge in [-0.1, -0.05) is 0 Å². The van der Waals surface area contributed by atoms with E-state index in [4.69, 9.17) is 0 Å². The summed E-state index contributed by atoms with van der Waals surface area (Å²) in [5.74, 6) is 0.0917. The number of carbonyl (C=O) groups is 1. The molecule has 0 saturated heterocycles. The monoisotopic (exact) mass is 253 g/mol. The van der Waals surface area contributed by atoms with E-state index in [1.165, 1.54) is 16.0 Å². The Bertz CT molecular complexity index is 414. The van der Waals surface area contributed by atoms with Gasteiger partial charge in [-0.2, -0.15) is 0 Å². The Morgan fingerprint density at radius 2 is 2.35 bits per heavy atom. The molecule has 1 aliphatic rings. The van der Waals surface area contributed by atoms with E-state index in [-0.39, 0.29) is 5.91 Å². The van der Waals surface area contributed by atoms with Crippen LogP contribution >= 0.6 is 11.3 Å². The van der Waals surface area contributed by atoms with Crippen LogP contribution in [0.5, 0.6) is 0 Å². The number of nitrogens with one attached hydrogen (secondary N) is 3. The largest absolute Gasteiger partial charge is 0.319 e. The van der Waals surface area contributed by atoms with E-state index in [9.17, 15) is 4.79 Å². The van der Waals surface area contributed by atoms with Crippen molar-refractivity contribution in [3.05, 3.63) is 16.0 Å². The van der Waals surface area contributed by atoms with Crippen LogP contribution in [-0.2, 0) is 17.8 Å². The van der Waals surface area contributed by atoms with E-state index in [0.29, 0.717) is 6.42 Å². The quantitative estimate of drug-likeness (QED) is 0.757. The molecular weight excluding hydrogens is 234 g/mol. The molecule has 0 aromatic carbocycles. The highest BCUT2D eigenvalue weighted by Crippen LogP contribution is 2.34. The number of rotatable bonds is 4. The lowest BCUT2D eigenvalue weighted by Crippen LogP contribution is -2.22. The molecule has 0 radical (unpaired) electrons. The Hall–Kier alpha value is -0.910. The molecular formula is C12H19N3OS. The van der Waals surface area contributed by atoms with Gasteiger partial charge in [0.25, 0.3) is 0 Å². The predicted octanol–water partition coefficient (Wildman–Crippen LogP) is 1.25. The lowest BCUT2D eigenvalue weighted by Gasteiger charge is -2.12. The van der Waals surface area contributed by atoms with Crippen LogP contribution in [0.2, 0.25) is 0 Å². The number of hydrogen-bond donors (Lipinski definition) is 3. The fourth-order valence-corrected chi connectivity index (χ4v) is 3.28. The van der Waals surface area contributed by atoms with E-state index in [1.54, 1.807) is 11.3 Å². The Morgan fingerprint density at radius 3 is 3.06 bits per heavy atom. The summed E-state index contributed by atoms with van der Waals surface area (Å²) in [5.41, 5.74) is 2.68. The molecule has 17 heavy (non-hydrogen) atoms. The second-order valence-electron chi connectivity index (χ2n) is 4.29. The van der Waals surface area contributed by atoms with Crippen molar-refractivity contribution in [2.45, 2.75) is 26.3 Å². The molecule has 94 valence electrons. The van der Waals surface area contributed by atoms with Crippen molar-refractivity contribution in [2.24, 2.45) is 0 Å². The van der Waals surface area contributed by atoms with Gasteiger partial charge in [-0.15, -0.1) is 11.3 Å². The molecule has 0 aliphatic carbocycles. The van der Waals surface area contributed by atoms with Crippen LogP contribution in [-0.4, -0.2) is 26.0 Å². The lowest BCUT2D eigenvalue weighted by atomic mass is 10.1. The third kappa shape index (κ3) is 2.86. The number of carbonyl (C=O) groups excluding carboxylic acids is 1. The van der Waals surface area contributed by atoms with Gasteiger partial charge in [0.1, 0.15) is 0 Å². The predicted molar refractivity (Wildman–Crippen MR) is 71.6 cm³/mol. The molecule has 1 aromatic heterocycles. The third-order valence-electron chi connectivity index (χ3n) is 3.05. The van der Waals surface area contributed by atoms with Gasteiger partial charge in [-0.05, 0) is 38.1 Å². The normalized spacial score (nSPS) is 14.5. The highest BCUT2D eigenvalue weighted by atomic mass is 32.1. The second-order valence-corrected chi connectivity index (χ2v) is 5.39. The Morgan fingerprint density at radius 1 is 1.53 bits per heavy atom. The fourth-order valence-electron chi connectivity index (χ4n) is 2.04. The van der Waals surface area contributed by atoms with Gasteiger partial charge < -0.3 is 16.0 Å². The molecule has 0 bridgehead atoms. The van der Waals surface area contributed by atoms with Crippen molar-refractivity contribution in [3.63, 3.8) is 0 Å². The minimum atomic E-state index is 0.0917. The molecule has 2 heterocycles. The zero-order valence-corrected chi connectivity index (χ0v) is 11.2. The van der Waals surface area contributed by atoms with Gasteiger partial charge in [-0.25, -0.2) is 0 Å². The molecule has 0 saturated carbocycles. The first-order chi connectivity index (χ1) is 8.22. The van der Waals surface area contributed by atoms with Crippen LogP contribution in [0.3, 0.4) is 0 Å². The molecule has 0 fully saturated rings. The standard InChI is InChI=1S/C12H19N3OS/c1-8-9-3-6-14-7-10(9)17-12(8)15-11(16)4-5-13-2/h13-14H,3-7H2,1-2H3,(H,15,16). The molecule has 1 aliphatic heterocycles. The first kappa shape index (κ1) is 12.5. The minimum absolute atomic E-state index is 0.0917. The van der Waals surface area contributed by atoms with Gasteiger partial charge in [-0.3, -0.25) is 4.79 Å². The van der Waals surface area contributed by atoms with Gasteiger partial charge in [0, 0.05) is 24.4 Å². The molecule has 3 N–H and O–H groups in total. The van der Waals surface area contributed by atoms with Gasteiger partial charge in [0.15, 0.2) is 0 Å². The number of thiophene rings is 1. The highest BCUT2D eigenvalue weighted by Gasteiger charge is 2.18. The van der Waals surface area contributed by atoms with Crippen molar-refractivity contribution >= 4 is 22.2 Å². The Balaban J connectivity index is 2.06. The molecule has 1 amide bonds. The third-order valence-corrected chi connectivity index (χ3v) is 4.30. The van der Waals surface area contributed by atoms with Crippen LogP contribution < -0.4 is 16.0 Å². The number of hydrogen-bond acceptors (Lipinski definition) is 4. The van der Waals surface area contributed by atoms with E-state index in [1.807, 2.05) is 7.05 Å². The van der Waals surface area contributed by atoms with Gasteiger partial charge in [0.2, 0.25) is 5.91 Å². The lowest BCUT2D eigenvalue weighted by molar-refractivity contribution is -0.116. The van der Waals surface area contributed by atoms with Crippen molar-refractivity contribution in [3.8, 4) is 0 Å². The van der Waals surface area contributed by atoms with Gasteiger partial charge in [0.05, 0.1) is 5.00 Å². The van der Waals surface area contributed by atoms with Crippen molar-refractivity contribution in [1.29, 1.82) is 0 Å². The van der Waals surface area contributed by atoms with Crippen LogP contribution in [0.25, 0.3) is 0 Å². The Labute approximate surface area is 106 Å². The molecule has 4 nitrogen and oxygen atoms in total. The summed E-state index contributed by atoms with van der Waals surface area (Å²) < 4.78 is 0. The zero-order chi connectivity index (χ0) is 12.3. The van der Waals surface area contributed by atoms with Crippen LogP contribution in [0.4, 0.5) is 5.00 Å². The molecule has 2 rings (SSSR count). The maximum atomic E-state index is 11.7. The van der Waals surface area contributed by atoms with E-state index < -0.39 is 0 Å². The molecule has 5 heteroatoms. The summed E-state index contributed by atoms with van der Waals surface area (Å²) in [5, 5.41) is 10.4. The number of amides is 1. The summed E-state index contributed by atoms with van der Waals surface area (Å²) in [6.45, 7) is 4.80. The topological polar surface area (TPSA) is 53.2 Å². The van der Waals surface area contributed by atoms with E-state index in [0.717, 1.165) is 31.1 Å². The zero-order valence-electron chi connectivity index (χ0n) is 10.4. The van der Waals surface area contributed by atoms with Gasteiger partial charge >= 0.3 is 0 Å². The number of fused-ring (bicyclic) bond motifs is 1. The first-order valence-electron chi connectivity index (χ1n) is 5.98. The molecule has 0 spiro atoms. The number of anilines is 1. The average Bonchev–Trinajstić information content (AvgIpc) is 2.64. The minimum Gasteiger partial charge on any atom is -0.319 e. The SMILES string of the molecule is CNCCC(=O)Nc1sc2c(c1C)CCNC2. The van der Waals surface area contributed by atoms with Crippen LogP contribution in [0.1, 0.15) is 22.4 Å². The van der Waals surface area contributed by atoms with E-state index >= 15 is 0 Å². The van der Waals surface area contributed by atoms with E-state index in [2.05, 4.69) is 22.9 Å². The maximum Gasteiger partial charge on any atom is 0.226 e. The fraction of sp³-hybridized carbons (Fsp3) is 0.583. The van der Waals surface area contributed by atoms with Crippen LogP contribution in [0.15, 0.2) is 0 Å². The molecule has 0 unspecified atom stereocenters. The van der Waals surface area contributed by atoms with Crippen LogP contribution in [0, 0.1) is 6.92 Å². The van der Waals surface area contributed by atoms with Crippen molar-refractivity contribution < 1.29 is 4.79 Å². The Kier molecular flexibility index (Phi) is 4.15. The summed E-state index contributed by atoms with van der Waals surface area (Å²) >= 11 is 1.71. The second kappa shape index (κ2) is 5.62. The summed E-state index contributed by atoms with van der Waals surface area (Å²) in [6, 6.07) is 0. The molecule has 0 atom stereocenters. The van der Waals surface area contributed by atoms with Crippen molar-refractivity contribution in [2.75, 3.05) is 25.5 Å². The van der Waals surface area contributed by atoms with Crippen molar-refractivity contribution in [1.82, 2.24) is 10.6 Å². The maximum absolute atomic E-state index is 11.7. The molecule has 1 aromatic rings. The average molecular weight is 253 g/mol.